The number of nitrogens with zero attached hydrogens (tertiary/aromatic N) is 2. The van der Waals surface area contributed by atoms with Crippen LogP contribution in [0.25, 0.3) is 0 Å². The smallest absolute Gasteiger partial charge is 0.261 e. The van der Waals surface area contributed by atoms with E-state index in [-0.39, 0.29) is 17.1 Å². The van der Waals surface area contributed by atoms with E-state index in [1.54, 1.807) is 4.90 Å². The van der Waals surface area contributed by atoms with Gasteiger partial charge < -0.3 is 15.1 Å². The number of likely N-dealkylation sites (tertiary alicyclic amines) is 1. The van der Waals surface area contributed by atoms with Gasteiger partial charge in [-0.2, -0.15) is 5.26 Å². The molecule has 1 amide bonds. The monoisotopic (exact) mass is 292 g/mol. The highest BCUT2D eigenvalue weighted by Gasteiger charge is 2.36. The molecule has 0 aliphatic carbocycles. The minimum atomic E-state index is -0.433. The van der Waals surface area contributed by atoms with Gasteiger partial charge in [0.1, 0.15) is 21.8 Å². The van der Waals surface area contributed by atoms with E-state index < -0.39 is 10.7 Å². The summed E-state index contributed by atoms with van der Waals surface area (Å²) >= 11 is 1.51. The first-order valence-corrected chi connectivity index (χ1v) is 7.52. The van der Waals surface area contributed by atoms with Crippen LogP contribution in [0.4, 0.5) is 0 Å². The molecule has 1 aliphatic rings. The van der Waals surface area contributed by atoms with E-state index in [1.807, 2.05) is 6.26 Å². The zero-order valence-corrected chi connectivity index (χ0v) is 12.0. The van der Waals surface area contributed by atoms with E-state index in [4.69, 9.17) is 0 Å². The summed E-state index contributed by atoms with van der Waals surface area (Å²) in [7, 11) is 0. The van der Waals surface area contributed by atoms with Gasteiger partial charge in [-0.1, -0.05) is 6.07 Å². The minimum Gasteiger partial charge on any atom is -0.507 e. The molecule has 106 valence electrons. The number of phenolic OH excluding ortho intramolecular Hbond substituents is 2. The SMILES string of the molecule is CSC1(C#N)CCN(C(=O)c2c(O)cccc2O)CC1. The van der Waals surface area contributed by atoms with Gasteiger partial charge in [0.15, 0.2) is 0 Å². The largest absolute Gasteiger partial charge is 0.507 e. The van der Waals surface area contributed by atoms with Crippen LogP contribution in [0.5, 0.6) is 11.5 Å². The highest BCUT2D eigenvalue weighted by atomic mass is 32.2. The number of nitriles is 1. The van der Waals surface area contributed by atoms with Gasteiger partial charge >= 0.3 is 0 Å². The Morgan fingerprint density at radius 3 is 2.35 bits per heavy atom. The number of hydrogen-bond donors (Lipinski definition) is 2. The Bertz CT molecular complexity index is 540. The molecule has 0 unspecified atom stereocenters. The first-order chi connectivity index (χ1) is 9.53. The Morgan fingerprint density at radius 1 is 1.35 bits per heavy atom. The van der Waals surface area contributed by atoms with Crippen molar-refractivity contribution < 1.29 is 15.0 Å². The van der Waals surface area contributed by atoms with Crippen molar-refractivity contribution in [2.75, 3.05) is 19.3 Å². The highest BCUT2D eigenvalue weighted by Crippen LogP contribution is 2.35. The number of phenols is 2. The number of carbonyl (C=O) groups is 1. The summed E-state index contributed by atoms with van der Waals surface area (Å²) in [5, 5.41) is 28.7. The topological polar surface area (TPSA) is 84.6 Å². The number of carbonyl (C=O) groups excluding carboxylic acids is 1. The van der Waals surface area contributed by atoms with Crippen LogP contribution in [-0.4, -0.2) is 45.1 Å². The Morgan fingerprint density at radius 2 is 1.90 bits per heavy atom. The number of piperidine rings is 1. The summed E-state index contributed by atoms with van der Waals surface area (Å²) in [6.45, 7) is 0.891. The Hall–Kier alpha value is -1.87. The van der Waals surface area contributed by atoms with Crippen LogP contribution < -0.4 is 0 Å². The lowest BCUT2D eigenvalue weighted by Gasteiger charge is -2.36. The first kappa shape index (κ1) is 14.5. The Kier molecular flexibility index (Phi) is 4.09. The number of hydrogen-bond acceptors (Lipinski definition) is 5. The standard InChI is InChI=1S/C14H16N2O3S/c1-20-14(9-15)5-7-16(8-6-14)13(19)12-10(17)3-2-4-11(12)18/h2-4,17-18H,5-8H2,1H3. The molecule has 1 aromatic carbocycles. The fourth-order valence-electron chi connectivity index (χ4n) is 2.34. The molecule has 2 rings (SSSR count). The molecule has 0 atom stereocenters. The van der Waals surface area contributed by atoms with Crippen LogP contribution in [0, 0.1) is 11.3 Å². The van der Waals surface area contributed by atoms with E-state index in [9.17, 15) is 20.3 Å². The number of benzene rings is 1. The molecule has 20 heavy (non-hydrogen) atoms. The zero-order chi connectivity index (χ0) is 14.8. The molecule has 0 aromatic heterocycles. The molecule has 1 fully saturated rings. The van der Waals surface area contributed by atoms with Crippen molar-refractivity contribution in [3.05, 3.63) is 23.8 Å². The molecule has 2 N–H and O–H groups in total. The maximum atomic E-state index is 12.3. The van der Waals surface area contributed by atoms with Crippen molar-refractivity contribution in [2.24, 2.45) is 0 Å². The van der Waals surface area contributed by atoms with Crippen molar-refractivity contribution in [1.29, 1.82) is 5.26 Å². The summed E-state index contributed by atoms with van der Waals surface area (Å²) in [5.74, 6) is -0.845. The fourth-order valence-corrected chi connectivity index (χ4v) is 3.02. The lowest BCUT2D eigenvalue weighted by molar-refractivity contribution is 0.0710. The van der Waals surface area contributed by atoms with Gasteiger partial charge in [-0.3, -0.25) is 4.79 Å². The van der Waals surface area contributed by atoms with Gasteiger partial charge in [0.2, 0.25) is 0 Å². The van der Waals surface area contributed by atoms with Crippen LogP contribution in [0.3, 0.4) is 0 Å². The third-order valence-corrected chi connectivity index (χ3v) is 4.97. The van der Waals surface area contributed by atoms with Crippen LogP contribution >= 0.6 is 11.8 Å². The zero-order valence-electron chi connectivity index (χ0n) is 11.2. The highest BCUT2D eigenvalue weighted by molar-refractivity contribution is 8.00. The van der Waals surface area contributed by atoms with Crippen molar-refractivity contribution in [3.8, 4) is 17.6 Å². The van der Waals surface area contributed by atoms with E-state index in [0.29, 0.717) is 25.9 Å². The molecular weight excluding hydrogens is 276 g/mol. The molecular formula is C14H16N2O3S. The van der Waals surface area contributed by atoms with Gasteiger partial charge in [-0.05, 0) is 31.2 Å². The predicted molar refractivity (Wildman–Crippen MR) is 76.8 cm³/mol. The number of rotatable bonds is 2. The van der Waals surface area contributed by atoms with Gasteiger partial charge in [0, 0.05) is 13.1 Å². The molecule has 0 bridgehead atoms. The Balaban J connectivity index is 2.16. The van der Waals surface area contributed by atoms with E-state index in [0.717, 1.165) is 0 Å². The predicted octanol–water partition coefficient (Wildman–Crippen LogP) is 1.96. The van der Waals surface area contributed by atoms with E-state index in [1.165, 1.54) is 30.0 Å². The summed E-state index contributed by atoms with van der Waals surface area (Å²) in [6, 6.07) is 6.54. The van der Waals surface area contributed by atoms with Crippen molar-refractivity contribution in [1.82, 2.24) is 4.90 Å². The summed E-state index contributed by atoms with van der Waals surface area (Å²) in [6.07, 6.45) is 3.07. The van der Waals surface area contributed by atoms with Gasteiger partial charge in [-0.25, -0.2) is 0 Å². The first-order valence-electron chi connectivity index (χ1n) is 6.29. The average Bonchev–Trinajstić information content (AvgIpc) is 2.47. The summed E-state index contributed by atoms with van der Waals surface area (Å²) < 4.78 is -0.433. The molecule has 0 spiro atoms. The van der Waals surface area contributed by atoms with Crippen molar-refractivity contribution >= 4 is 17.7 Å². The summed E-state index contributed by atoms with van der Waals surface area (Å²) in [5.41, 5.74) is -0.0684. The number of thioether (sulfide) groups is 1. The lowest BCUT2D eigenvalue weighted by atomic mass is 9.96. The average molecular weight is 292 g/mol. The van der Waals surface area contributed by atoms with E-state index >= 15 is 0 Å². The second-order valence-electron chi connectivity index (χ2n) is 4.77. The van der Waals surface area contributed by atoms with Crippen molar-refractivity contribution in [3.63, 3.8) is 0 Å². The number of aromatic hydroxyl groups is 2. The van der Waals surface area contributed by atoms with E-state index in [2.05, 4.69) is 6.07 Å². The second kappa shape index (κ2) is 5.63. The van der Waals surface area contributed by atoms with Crippen molar-refractivity contribution in [2.45, 2.75) is 17.6 Å². The minimum absolute atomic E-state index is 0.0684. The summed E-state index contributed by atoms with van der Waals surface area (Å²) in [4.78, 5) is 13.9. The molecule has 6 heteroatoms. The maximum Gasteiger partial charge on any atom is 0.261 e. The molecule has 1 saturated heterocycles. The quantitative estimate of drug-likeness (QED) is 0.870. The maximum absolute atomic E-state index is 12.3. The molecule has 1 aromatic rings. The molecule has 0 saturated carbocycles. The third-order valence-electron chi connectivity index (χ3n) is 3.69. The van der Waals surface area contributed by atoms with Crippen LogP contribution in [0.1, 0.15) is 23.2 Å². The third kappa shape index (κ3) is 2.54. The second-order valence-corrected chi connectivity index (χ2v) is 5.96. The molecule has 1 aliphatic heterocycles. The lowest BCUT2D eigenvalue weighted by Crippen LogP contribution is -2.44. The Labute approximate surface area is 121 Å². The van der Waals surface area contributed by atoms with Gasteiger partial charge in [-0.15, -0.1) is 11.8 Å². The van der Waals surface area contributed by atoms with Gasteiger partial charge in [0.05, 0.1) is 6.07 Å². The molecule has 1 heterocycles. The molecule has 0 radical (unpaired) electrons. The fraction of sp³-hybridized carbons (Fsp3) is 0.429. The normalized spacial score (nSPS) is 17.5. The van der Waals surface area contributed by atoms with Gasteiger partial charge in [0.25, 0.3) is 5.91 Å². The number of amides is 1. The van der Waals surface area contributed by atoms with Crippen LogP contribution in [-0.2, 0) is 0 Å². The van der Waals surface area contributed by atoms with Crippen LogP contribution in [0.2, 0.25) is 0 Å². The molecule has 5 nitrogen and oxygen atoms in total. The van der Waals surface area contributed by atoms with Crippen LogP contribution in [0.15, 0.2) is 18.2 Å².